The lowest BCUT2D eigenvalue weighted by molar-refractivity contribution is 0.00545. The molecule has 7 heteroatoms. The molecule has 0 atom stereocenters. The van der Waals surface area contributed by atoms with Crippen LogP contribution in [0.5, 0.6) is 5.75 Å². The molecule has 0 aliphatic rings. The van der Waals surface area contributed by atoms with E-state index in [0.717, 1.165) is 16.5 Å². The van der Waals surface area contributed by atoms with Gasteiger partial charge in [0.05, 0.1) is 17.4 Å². The van der Waals surface area contributed by atoms with Crippen molar-refractivity contribution in [2.24, 2.45) is 0 Å². The third kappa shape index (κ3) is 3.71. The lowest BCUT2D eigenvalue weighted by atomic mass is 10.2. The molecule has 124 valence electrons. The maximum absolute atomic E-state index is 13.1. The zero-order valence-electron chi connectivity index (χ0n) is 12.6. The zero-order chi connectivity index (χ0) is 17.2. The number of halogens is 3. The number of benzene rings is 1. The van der Waals surface area contributed by atoms with Crippen LogP contribution >= 0.6 is 11.6 Å². The first-order valence-corrected chi connectivity index (χ1v) is 7.55. The fraction of sp³-hybridized carbons (Fsp3) is 0.176. The van der Waals surface area contributed by atoms with Crippen LogP contribution in [0.2, 0.25) is 5.15 Å². The molecular formula is C17H14ClF2N3O. The molecule has 3 rings (SSSR count). The first-order valence-electron chi connectivity index (χ1n) is 7.18. The monoisotopic (exact) mass is 349 g/mol. The average molecular weight is 350 g/mol. The Labute approximate surface area is 142 Å². The second-order valence-corrected chi connectivity index (χ2v) is 5.62. The van der Waals surface area contributed by atoms with Gasteiger partial charge in [0.15, 0.2) is 6.61 Å². The van der Waals surface area contributed by atoms with Gasteiger partial charge in [-0.25, -0.2) is 4.98 Å². The van der Waals surface area contributed by atoms with Crippen LogP contribution in [0.3, 0.4) is 0 Å². The minimum atomic E-state index is -3.04. The van der Waals surface area contributed by atoms with Crippen molar-refractivity contribution in [1.82, 2.24) is 14.8 Å². The summed E-state index contributed by atoms with van der Waals surface area (Å²) in [5.74, 6) is -2.67. The highest BCUT2D eigenvalue weighted by Gasteiger charge is 2.24. The Morgan fingerprint density at radius 3 is 2.67 bits per heavy atom. The van der Waals surface area contributed by atoms with Crippen LogP contribution in [0.1, 0.15) is 5.56 Å². The maximum Gasteiger partial charge on any atom is 0.299 e. The van der Waals surface area contributed by atoms with E-state index < -0.39 is 12.5 Å². The van der Waals surface area contributed by atoms with Crippen LogP contribution in [0.4, 0.5) is 8.78 Å². The molecule has 2 heterocycles. The molecule has 0 aliphatic carbocycles. The quantitative estimate of drug-likeness (QED) is 0.491. The summed E-state index contributed by atoms with van der Waals surface area (Å²) in [6.07, 6.45) is 4.00. The molecule has 0 radical (unpaired) electrons. The Balaban J connectivity index is 1.69. The van der Waals surface area contributed by atoms with Crippen molar-refractivity contribution in [3.05, 3.63) is 66.1 Å². The second-order valence-electron chi connectivity index (χ2n) is 5.26. The number of hydrogen-bond donors (Lipinski definition) is 0. The summed E-state index contributed by atoms with van der Waals surface area (Å²) in [5.41, 5.74) is 1.72. The maximum atomic E-state index is 13.1. The van der Waals surface area contributed by atoms with Gasteiger partial charge in [-0.1, -0.05) is 30.3 Å². The molecule has 0 saturated carbocycles. The molecule has 0 saturated heterocycles. The van der Waals surface area contributed by atoms with Crippen molar-refractivity contribution >= 4 is 22.5 Å². The third-order valence-electron chi connectivity index (χ3n) is 3.43. The number of pyridine rings is 1. The molecule has 3 aromatic rings. The smallest absolute Gasteiger partial charge is 0.299 e. The second kappa shape index (κ2) is 6.57. The Kier molecular flexibility index (Phi) is 4.49. The van der Waals surface area contributed by atoms with Crippen molar-refractivity contribution in [1.29, 1.82) is 0 Å². The summed E-state index contributed by atoms with van der Waals surface area (Å²) in [5, 5.41) is 5.61. The van der Waals surface area contributed by atoms with E-state index in [1.54, 1.807) is 41.2 Å². The van der Waals surface area contributed by atoms with Gasteiger partial charge < -0.3 is 4.74 Å². The fourth-order valence-corrected chi connectivity index (χ4v) is 2.36. The summed E-state index contributed by atoms with van der Waals surface area (Å²) >= 11 is 6.03. The van der Waals surface area contributed by atoms with Crippen LogP contribution in [0.25, 0.3) is 10.9 Å². The van der Waals surface area contributed by atoms with E-state index in [2.05, 4.69) is 16.7 Å². The van der Waals surface area contributed by atoms with E-state index in [-0.39, 0.29) is 0 Å². The largest absolute Gasteiger partial charge is 0.487 e. The molecule has 2 aromatic heterocycles. The Morgan fingerprint density at radius 2 is 2.00 bits per heavy atom. The average Bonchev–Trinajstić information content (AvgIpc) is 2.98. The lowest BCUT2D eigenvalue weighted by Gasteiger charge is -2.13. The number of aromatic nitrogens is 3. The van der Waals surface area contributed by atoms with Gasteiger partial charge in [-0.05, 0) is 29.8 Å². The van der Waals surface area contributed by atoms with Gasteiger partial charge in [0.1, 0.15) is 10.9 Å². The first kappa shape index (κ1) is 16.4. The van der Waals surface area contributed by atoms with Crippen LogP contribution in [-0.4, -0.2) is 27.3 Å². The molecule has 24 heavy (non-hydrogen) atoms. The van der Waals surface area contributed by atoms with Gasteiger partial charge in [0.25, 0.3) is 5.92 Å². The Bertz CT molecular complexity index is 862. The molecule has 0 fully saturated rings. The summed E-state index contributed by atoms with van der Waals surface area (Å²) < 4.78 is 32.9. The van der Waals surface area contributed by atoms with Crippen LogP contribution in [-0.2, 0) is 6.54 Å². The minimum Gasteiger partial charge on any atom is -0.487 e. The normalized spacial score (nSPS) is 11.6. The highest BCUT2D eigenvalue weighted by atomic mass is 35.5. The highest BCUT2D eigenvalue weighted by Crippen LogP contribution is 2.21. The summed E-state index contributed by atoms with van der Waals surface area (Å²) in [6, 6.07) is 8.67. The fourth-order valence-electron chi connectivity index (χ4n) is 2.16. The van der Waals surface area contributed by atoms with Crippen LogP contribution in [0.15, 0.2) is 55.4 Å². The molecule has 0 amide bonds. The van der Waals surface area contributed by atoms with Gasteiger partial charge in [0.2, 0.25) is 0 Å². The number of rotatable bonds is 6. The molecule has 0 unspecified atom stereocenters. The van der Waals surface area contributed by atoms with Gasteiger partial charge >= 0.3 is 0 Å². The molecule has 0 spiro atoms. The summed E-state index contributed by atoms with van der Waals surface area (Å²) in [6.45, 7) is 2.87. The van der Waals surface area contributed by atoms with Gasteiger partial charge in [-0.2, -0.15) is 13.9 Å². The van der Waals surface area contributed by atoms with Crippen molar-refractivity contribution in [3.63, 3.8) is 0 Å². The van der Waals surface area contributed by atoms with Crippen LogP contribution < -0.4 is 4.74 Å². The molecule has 0 aliphatic heterocycles. The van der Waals surface area contributed by atoms with Crippen molar-refractivity contribution in [2.45, 2.75) is 12.5 Å². The van der Waals surface area contributed by atoms with Gasteiger partial charge in [-0.15, -0.1) is 0 Å². The molecule has 1 aromatic carbocycles. The lowest BCUT2D eigenvalue weighted by Crippen LogP contribution is -2.22. The van der Waals surface area contributed by atoms with Crippen LogP contribution in [0, 0.1) is 0 Å². The standard InChI is InChI=1S/C17H14ClF2N3O/c1-2-17(19,20)11-24-13-5-3-12(4-6-13)9-23-10-14-15(22-23)7-8-21-16(14)18/h2-8,10H,1,9,11H2. The Morgan fingerprint density at radius 1 is 1.25 bits per heavy atom. The topological polar surface area (TPSA) is 39.9 Å². The number of hydrogen-bond acceptors (Lipinski definition) is 3. The first-order chi connectivity index (χ1) is 11.5. The number of fused-ring (bicyclic) bond motifs is 1. The molecule has 4 nitrogen and oxygen atoms in total. The molecular weight excluding hydrogens is 336 g/mol. The van der Waals surface area contributed by atoms with E-state index in [1.807, 2.05) is 6.20 Å². The van der Waals surface area contributed by atoms with E-state index in [1.165, 1.54) is 0 Å². The van der Waals surface area contributed by atoms with E-state index in [4.69, 9.17) is 16.3 Å². The van der Waals surface area contributed by atoms with Crippen molar-refractivity contribution in [3.8, 4) is 5.75 Å². The van der Waals surface area contributed by atoms with Gasteiger partial charge in [0, 0.05) is 12.4 Å². The van der Waals surface area contributed by atoms with E-state index >= 15 is 0 Å². The predicted octanol–water partition coefficient (Wildman–Crippen LogP) is 4.33. The van der Waals surface area contributed by atoms with Gasteiger partial charge in [-0.3, -0.25) is 4.68 Å². The SMILES string of the molecule is C=CC(F)(F)COc1ccc(Cn2cc3c(Cl)nccc3n2)cc1. The summed E-state index contributed by atoms with van der Waals surface area (Å²) in [7, 11) is 0. The van der Waals surface area contributed by atoms with Crippen molar-refractivity contribution < 1.29 is 13.5 Å². The van der Waals surface area contributed by atoms with E-state index in [0.29, 0.717) is 23.5 Å². The number of ether oxygens (including phenoxy) is 1. The number of alkyl halides is 2. The minimum absolute atomic E-state index is 0.373. The van der Waals surface area contributed by atoms with E-state index in [9.17, 15) is 8.78 Å². The Hall–Kier alpha value is -2.47. The molecule has 0 N–H and O–H groups in total. The third-order valence-corrected chi connectivity index (χ3v) is 3.73. The molecule has 0 bridgehead atoms. The zero-order valence-corrected chi connectivity index (χ0v) is 13.4. The predicted molar refractivity (Wildman–Crippen MR) is 88.7 cm³/mol. The number of nitrogens with zero attached hydrogens (tertiary/aromatic N) is 3. The highest BCUT2D eigenvalue weighted by molar-refractivity contribution is 6.34. The van der Waals surface area contributed by atoms with Crippen molar-refractivity contribution in [2.75, 3.05) is 6.61 Å². The summed E-state index contributed by atoms with van der Waals surface area (Å²) in [4.78, 5) is 4.01.